The molecule has 29 heavy (non-hydrogen) atoms. The molecular weight excluding hydrogens is 396 g/mol. The Hall–Kier alpha value is -3.33. The highest BCUT2D eigenvalue weighted by Crippen LogP contribution is 2.37. The number of rotatable bonds is 5. The molecule has 2 heterocycles. The number of hydrogen-bond acceptors (Lipinski definition) is 7. The molecule has 0 radical (unpaired) electrons. The van der Waals surface area contributed by atoms with Crippen LogP contribution in [-0.2, 0) is 16.1 Å². The fraction of sp³-hybridized carbons (Fsp3) is 0.250. The van der Waals surface area contributed by atoms with Crippen molar-refractivity contribution in [3.8, 4) is 17.2 Å². The third-order valence-electron chi connectivity index (χ3n) is 4.30. The quantitative estimate of drug-likeness (QED) is 0.597. The van der Waals surface area contributed by atoms with E-state index in [4.69, 9.17) is 18.9 Å². The van der Waals surface area contributed by atoms with Crippen molar-refractivity contribution in [2.75, 3.05) is 20.5 Å². The van der Waals surface area contributed by atoms with E-state index in [1.165, 1.54) is 11.3 Å². The van der Waals surface area contributed by atoms with E-state index < -0.39 is 11.9 Å². The van der Waals surface area contributed by atoms with E-state index in [0.29, 0.717) is 33.1 Å². The molecule has 0 aliphatic carbocycles. The van der Waals surface area contributed by atoms with Crippen LogP contribution in [-0.4, -0.2) is 37.0 Å². The average molecular weight is 414 g/mol. The average Bonchev–Trinajstić information content (AvgIpc) is 3.30. The van der Waals surface area contributed by atoms with Crippen LogP contribution >= 0.6 is 11.3 Å². The van der Waals surface area contributed by atoms with Gasteiger partial charge in [0, 0.05) is 17.7 Å². The SMILES string of the molecule is CCOC(=O)Cn1c(=NC(=O)c2ccc(OC)cc2)sc2cc3c(cc21)OCO3. The number of fused-ring (bicyclic) bond motifs is 2. The smallest absolute Gasteiger partial charge is 0.326 e. The second-order valence-electron chi connectivity index (χ2n) is 6.09. The molecule has 0 spiro atoms. The van der Waals surface area contributed by atoms with Gasteiger partial charge in [0.1, 0.15) is 12.3 Å². The van der Waals surface area contributed by atoms with Gasteiger partial charge in [-0.2, -0.15) is 4.99 Å². The van der Waals surface area contributed by atoms with Crippen LogP contribution in [0.15, 0.2) is 41.4 Å². The fourth-order valence-electron chi connectivity index (χ4n) is 2.92. The lowest BCUT2D eigenvalue weighted by molar-refractivity contribution is -0.143. The summed E-state index contributed by atoms with van der Waals surface area (Å²) in [7, 11) is 1.56. The van der Waals surface area contributed by atoms with Crippen LogP contribution in [0.1, 0.15) is 17.3 Å². The Morgan fingerprint density at radius 3 is 2.59 bits per heavy atom. The number of ether oxygens (including phenoxy) is 4. The molecule has 1 aliphatic heterocycles. The molecular formula is C20H18N2O6S. The number of carbonyl (C=O) groups excluding carboxylic acids is 2. The molecule has 1 amide bonds. The van der Waals surface area contributed by atoms with Gasteiger partial charge in [-0.3, -0.25) is 9.59 Å². The van der Waals surface area contributed by atoms with Crippen molar-refractivity contribution < 1.29 is 28.5 Å². The van der Waals surface area contributed by atoms with Crippen LogP contribution in [0.5, 0.6) is 17.2 Å². The van der Waals surface area contributed by atoms with Gasteiger partial charge in [0.2, 0.25) is 6.79 Å². The Kier molecular flexibility index (Phi) is 5.22. The molecule has 2 aromatic carbocycles. The predicted octanol–water partition coefficient (Wildman–Crippen LogP) is 2.74. The number of thiazole rings is 1. The number of hydrogen-bond donors (Lipinski definition) is 0. The Morgan fingerprint density at radius 2 is 1.90 bits per heavy atom. The number of carbonyl (C=O) groups is 2. The van der Waals surface area contributed by atoms with Crippen LogP contribution in [0, 0.1) is 0 Å². The Bertz CT molecular complexity index is 1150. The highest BCUT2D eigenvalue weighted by molar-refractivity contribution is 7.16. The lowest BCUT2D eigenvalue weighted by Gasteiger charge is -2.06. The zero-order valence-corrected chi connectivity index (χ0v) is 16.7. The van der Waals surface area contributed by atoms with Gasteiger partial charge in [0.15, 0.2) is 16.3 Å². The highest BCUT2D eigenvalue weighted by atomic mass is 32.1. The first-order valence-electron chi connectivity index (χ1n) is 8.90. The summed E-state index contributed by atoms with van der Waals surface area (Å²) in [5.41, 5.74) is 1.13. The van der Waals surface area contributed by atoms with E-state index in [9.17, 15) is 9.59 Å². The topological polar surface area (TPSA) is 88.4 Å². The summed E-state index contributed by atoms with van der Waals surface area (Å²) in [6.45, 7) is 2.09. The number of aromatic nitrogens is 1. The molecule has 9 heteroatoms. The highest BCUT2D eigenvalue weighted by Gasteiger charge is 2.19. The Labute approximate surface area is 169 Å². The van der Waals surface area contributed by atoms with Crippen molar-refractivity contribution in [1.82, 2.24) is 4.57 Å². The van der Waals surface area contributed by atoms with Gasteiger partial charge >= 0.3 is 5.97 Å². The van der Waals surface area contributed by atoms with Crippen molar-refractivity contribution in [3.05, 3.63) is 46.8 Å². The third-order valence-corrected chi connectivity index (χ3v) is 5.34. The standard InChI is InChI=1S/C20H18N2O6S/c1-3-26-18(23)10-22-14-8-15-16(28-11-27-15)9-17(14)29-20(22)21-19(24)12-4-6-13(25-2)7-5-12/h4-9H,3,10-11H2,1-2H3. The molecule has 8 nitrogen and oxygen atoms in total. The normalized spacial score (nSPS) is 13.0. The molecule has 0 fully saturated rings. The van der Waals surface area contributed by atoms with E-state index in [0.717, 1.165) is 4.70 Å². The van der Waals surface area contributed by atoms with Crippen LogP contribution in [0.25, 0.3) is 10.2 Å². The number of esters is 1. The second-order valence-corrected chi connectivity index (χ2v) is 7.10. The molecule has 0 saturated carbocycles. The zero-order chi connectivity index (χ0) is 20.4. The minimum atomic E-state index is -0.420. The lowest BCUT2D eigenvalue weighted by Crippen LogP contribution is -2.23. The Balaban J connectivity index is 1.79. The fourth-order valence-corrected chi connectivity index (χ4v) is 3.96. The molecule has 0 N–H and O–H groups in total. The van der Waals surface area contributed by atoms with Crippen LogP contribution < -0.4 is 19.0 Å². The first-order chi connectivity index (χ1) is 14.1. The summed E-state index contributed by atoms with van der Waals surface area (Å²) in [4.78, 5) is 29.4. The van der Waals surface area contributed by atoms with Gasteiger partial charge < -0.3 is 23.5 Å². The summed E-state index contributed by atoms with van der Waals surface area (Å²) in [5.74, 6) is 1.02. The van der Waals surface area contributed by atoms with Gasteiger partial charge in [0.25, 0.3) is 5.91 Å². The summed E-state index contributed by atoms with van der Waals surface area (Å²) in [6.07, 6.45) is 0. The molecule has 0 bridgehead atoms. The van der Waals surface area contributed by atoms with Gasteiger partial charge in [-0.15, -0.1) is 0 Å². The van der Waals surface area contributed by atoms with Gasteiger partial charge in [-0.25, -0.2) is 0 Å². The van der Waals surface area contributed by atoms with Gasteiger partial charge in [-0.1, -0.05) is 11.3 Å². The Morgan fingerprint density at radius 1 is 1.17 bits per heavy atom. The monoisotopic (exact) mass is 414 g/mol. The molecule has 0 unspecified atom stereocenters. The first-order valence-corrected chi connectivity index (χ1v) is 9.72. The van der Waals surface area contributed by atoms with Crippen molar-refractivity contribution in [2.45, 2.75) is 13.5 Å². The summed E-state index contributed by atoms with van der Waals surface area (Å²) >= 11 is 1.29. The number of benzene rings is 2. The summed E-state index contributed by atoms with van der Waals surface area (Å²) < 4.78 is 23.5. The van der Waals surface area contributed by atoms with Crippen molar-refractivity contribution in [3.63, 3.8) is 0 Å². The van der Waals surface area contributed by atoms with Crippen LogP contribution in [0.4, 0.5) is 0 Å². The maximum absolute atomic E-state index is 12.7. The van der Waals surface area contributed by atoms with Crippen molar-refractivity contribution >= 4 is 33.4 Å². The molecule has 3 aromatic rings. The molecule has 1 aliphatic rings. The summed E-state index contributed by atoms with van der Waals surface area (Å²) in [6, 6.07) is 10.3. The minimum absolute atomic E-state index is 0.0673. The first kappa shape index (κ1) is 19.0. The van der Waals surface area contributed by atoms with E-state index in [-0.39, 0.29) is 19.9 Å². The largest absolute Gasteiger partial charge is 0.497 e. The summed E-state index contributed by atoms with van der Waals surface area (Å²) in [5, 5.41) is 0. The van der Waals surface area contributed by atoms with Crippen molar-refractivity contribution in [1.29, 1.82) is 0 Å². The predicted molar refractivity (Wildman–Crippen MR) is 105 cm³/mol. The molecule has 4 rings (SSSR count). The number of amides is 1. The van der Waals surface area contributed by atoms with Gasteiger partial charge in [0.05, 0.1) is 23.9 Å². The minimum Gasteiger partial charge on any atom is -0.497 e. The second kappa shape index (κ2) is 7.96. The number of nitrogens with zero attached hydrogens (tertiary/aromatic N) is 2. The van der Waals surface area contributed by atoms with Crippen LogP contribution in [0.3, 0.4) is 0 Å². The molecule has 0 saturated heterocycles. The number of methoxy groups -OCH3 is 1. The maximum atomic E-state index is 12.7. The van der Waals surface area contributed by atoms with E-state index in [1.807, 2.05) is 6.07 Å². The lowest BCUT2D eigenvalue weighted by atomic mass is 10.2. The third kappa shape index (κ3) is 3.81. The molecule has 1 aromatic heterocycles. The van der Waals surface area contributed by atoms with E-state index in [1.54, 1.807) is 48.9 Å². The van der Waals surface area contributed by atoms with Crippen LogP contribution in [0.2, 0.25) is 0 Å². The van der Waals surface area contributed by atoms with Gasteiger partial charge in [-0.05, 0) is 31.2 Å². The van der Waals surface area contributed by atoms with E-state index in [2.05, 4.69) is 4.99 Å². The van der Waals surface area contributed by atoms with E-state index >= 15 is 0 Å². The molecule has 0 atom stereocenters. The molecule has 150 valence electrons. The van der Waals surface area contributed by atoms with Crippen molar-refractivity contribution in [2.24, 2.45) is 4.99 Å². The maximum Gasteiger partial charge on any atom is 0.326 e. The zero-order valence-electron chi connectivity index (χ0n) is 15.8.